The molecule has 2 aromatic rings. The average molecular weight is 339 g/mol. The minimum Gasteiger partial charge on any atom is -0.363 e. The Kier molecular flexibility index (Phi) is 4.15. The van der Waals surface area contributed by atoms with Gasteiger partial charge in [-0.2, -0.15) is 4.98 Å². The Morgan fingerprint density at radius 2 is 1.96 bits per heavy atom. The summed E-state index contributed by atoms with van der Waals surface area (Å²) in [7, 11) is 4.03. The molecule has 4 heterocycles. The zero-order valence-corrected chi connectivity index (χ0v) is 15.1. The summed E-state index contributed by atoms with van der Waals surface area (Å²) >= 11 is 0. The Morgan fingerprint density at radius 3 is 2.76 bits per heavy atom. The molecule has 7 heteroatoms. The summed E-state index contributed by atoms with van der Waals surface area (Å²) < 4.78 is 0. The van der Waals surface area contributed by atoms with Crippen molar-refractivity contribution in [3.8, 4) is 0 Å². The molecule has 25 heavy (non-hydrogen) atoms. The van der Waals surface area contributed by atoms with E-state index in [-0.39, 0.29) is 0 Å². The van der Waals surface area contributed by atoms with Crippen LogP contribution in [0.2, 0.25) is 0 Å². The fourth-order valence-electron chi connectivity index (χ4n) is 3.94. The van der Waals surface area contributed by atoms with Crippen LogP contribution in [-0.4, -0.2) is 59.7 Å². The van der Waals surface area contributed by atoms with Crippen LogP contribution >= 0.6 is 0 Å². The number of rotatable bonds is 3. The molecule has 0 bridgehead atoms. The second-order valence-corrected chi connectivity index (χ2v) is 7.17. The Bertz CT molecular complexity index is 748. The Balaban J connectivity index is 1.57. The highest BCUT2D eigenvalue weighted by atomic mass is 15.3. The van der Waals surface area contributed by atoms with Gasteiger partial charge in [-0.25, -0.2) is 15.0 Å². The molecule has 0 amide bonds. The van der Waals surface area contributed by atoms with Gasteiger partial charge in [-0.3, -0.25) is 0 Å². The third-order valence-electron chi connectivity index (χ3n) is 5.32. The van der Waals surface area contributed by atoms with Gasteiger partial charge in [0.25, 0.3) is 0 Å². The van der Waals surface area contributed by atoms with Gasteiger partial charge < -0.3 is 14.7 Å². The van der Waals surface area contributed by atoms with Crippen molar-refractivity contribution in [2.24, 2.45) is 5.92 Å². The summed E-state index contributed by atoms with van der Waals surface area (Å²) in [6, 6.07) is 4.47. The summed E-state index contributed by atoms with van der Waals surface area (Å²) in [6.45, 7) is 5.07. The van der Waals surface area contributed by atoms with Crippen LogP contribution in [0.25, 0.3) is 0 Å². The van der Waals surface area contributed by atoms with Crippen molar-refractivity contribution >= 4 is 17.6 Å². The van der Waals surface area contributed by atoms with Crippen molar-refractivity contribution in [3.05, 3.63) is 30.4 Å². The molecule has 2 atom stereocenters. The van der Waals surface area contributed by atoms with Crippen molar-refractivity contribution in [1.82, 2.24) is 19.9 Å². The normalized spacial score (nSPS) is 22.8. The minimum absolute atomic E-state index is 0.446. The van der Waals surface area contributed by atoms with Gasteiger partial charge >= 0.3 is 0 Å². The van der Waals surface area contributed by atoms with Gasteiger partial charge in [0.05, 0.1) is 6.04 Å². The van der Waals surface area contributed by atoms with Crippen LogP contribution in [0.5, 0.6) is 0 Å². The fraction of sp³-hybridized carbons (Fsp3) is 0.556. The van der Waals surface area contributed by atoms with E-state index in [0.717, 1.165) is 42.9 Å². The van der Waals surface area contributed by atoms with E-state index in [4.69, 9.17) is 4.98 Å². The van der Waals surface area contributed by atoms with Crippen LogP contribution in [0.3, 0.4) is 0 Å². The van der Waals surface area contributed by atoms with E-state index in [1.807, 2.05) is 38.2 Å². The molecular formula is C18H25N7. The molecular weight excluding hydrogens is 314 g/mol. The van der Waals surface area contributed by atoms with E-state index in [1.54, 1.807) is 6.33 Å². The van der Waals surface area contributed by atoms with E-state index >= 15 is 0 Å². The number of hydrogen-bond acceptors (Lipinski definition) is 7. The molecule has 2 aliphatic heterocycles. The van der Waals surface area contributed by atoms with Crippen molar-refractivity contribution in [2.45, 2.75) is 25.8 Å². The summed E-state index contributed by atoms with van der Waals surface area (Å²) in [4.78, 5) is 24.8. The highest BCUT2D eigenvalue weighted by molar-refractivity contribution is 5.46. The zero-order valence-electron chi connectivity index (χ0n) is 15.1. The largest absolute Gasteiger partial charge is 0.363 e. The lowest BCUT2D eigenvalue weighted by molar-refractivity contribution is 0.387. The summed E-state index contributed by atoms with van der Waals surface area (Å²) in [5.41, 5.74) is 1.01. The zero-order chi connectivity index (χ0) is 17.4. The molecule has 0 radical (unpaired) electrons. The van der Waals surface area contributed by atoms with Crippen molar-refractivity contribution in [3.63, 3.8) is 0 Å². The molecule has 0 spiro atoms. The van der Waals surface area contributed by atoms with Crippen LogP contribution in [0.4, 0.5) is 17.6 Å². The lowest BCUT2D eigenvalue weighted by Gasteiger charge is -2.39. The van der Waals surface area contributed by atoms with Gasteiger partial charge in [-0.1, -0.05) is 0 Å². The highest BCUT2D eigenvalue weighted by Gasteiger charge is 2.40. The lowest BCUT2D eigenvalue weighted by Crippen LogP contribution is -2.49. The number of anilines is 3. The molecule has 132 valence electrons. The first-order valence-corrected chi connectivity index (χ1v) is 8.92. The fourth-order valence-corrected chi connectivity index (χ4v) is 3.94. The maximum Gasteiger partial charge on any atom is 0.227 e. The smallest absolute Gasteiger partial charge is 0.227 e. The third kappa shape index (κ3) is 3.10. The Labute approximate surface area is 148 Å². The maximum absolute atomic E-state index is 4.75. The van der Waals surface area contributed by atoms with Crippen LogP contribution < -0.4 is 14.7 Å². The summed E-state index contributed by atoms with van der Waals surface area (Å²) in [5, 5.41) is 0. The second kappa shape index (κ2) is 6.46. The average Bonchev–Trinajstić information content (AvgIpc) is 3.05. The number of aromatic nitrogens is 4. The van der Waals surface area contributed by atoms with Crippen molar-refractivity contribution in [2.75, 3.05) is 48.4 Å². The molecule has 2 fully saturated rings. The molecule has 2 aromatic heterocycles. The van der Waals surface area contributed by atoms with Gasteiger partial charge in [0.2, 0.25) is 5.95 Å². The number of nitrogens with zero attached hydrogens (tertiary/aromatic N) is 7. The van der Waals surface area contributed by atoms with Crippen molar-refractivity contribution < 1.29 is 0 Å². The van der Waals surface area contributed by atoms with E-state index in [1.165, 1.54) is 12.8 Å². The predicted octanol–water partition coefficient (Wildman–Crippen LogP) is 1.75. The molecule has 2 unspecified atom stereocenters. The molecule has 2 saturated heterocycles. The van der Waals surface area contributed by atoms with Crippen LogP contribution in [-0.2, 0) is 0 Å². The highest BCUT2D eigenvalue weighted by Crippen LogP contribution is 2.35. The molecule has 2 aliphatic rings. The quantitative estimate of drug-likeness (QED) is 0.844. The number of aryl methyl sites for hydroxylation is 1. The second-order valence-electron chi connectivity index (χ2n) is 7.17. The predicted molar refractivity (Wildman–Crippen MR) is 99.2 cm³/mol. The number of fused-ring (bicyclic) bond motifs is 1. The monoisotopic (exact) mass is 339 g/mol. The Hall–Kier alpha value is -2.44. The standard InChI is InChI=1S/C18H25N7/c1-13-10-17(21-12-20-13)24-8-5-14-6-9-25(15(14)11-24)18-19-7-4-16(22-18)23(2)3/h4,7,10,12,14-15H,5-6,8-9,11H2,1-3H3. The van der Waals surface area contributed by atoms with Crippen LogP contribution in [0.1, 0.15) is 18.5 Å². The summed E-state index contributed by atoms with van der Waals surface area (Å²) in [6.07, 6.45) is 5.93. The molecule has 0 saturated carbocycles. The maximum atomic E-state index is 4.75. The first-order valence-electron chi connectivity index (χ1n) is 8.92. The first-order chi connectivity index (χ1) is 12.1. The lowest BCUT2D eigenvalue weighted by atomic mass is 9.92. The molecule has 0 aromatic carbocycles. The van der Waals surface area contributed by atoms with Gasteiger partial charge in [0, 0.05) is 51.7 Å². The van der Waals surface area contributed by atoms with E-state index in [0.29, 0.717) is 12.0 Å². The molecule has 4 rings (SSSR count). The summed E-state index contributed by atoms with van der Waals surface area (Å²) in [5.74, 6) is 3.54. The van der Waals surface area contributed by atoms with Gasteiger partial charge in [-0.15, -0.1) is 0 Å². The molecule has 0 N–H and O–H groups in total. The minimum atomic E-state index is 0.446. The molecule has 0 aliphatic carbocycles. The SMILES string of the molecule is Cc1cc(N2CCC3CCN(c4nccc(N(C)C)n4)C3C2)ncn1. The topological polar surface area (TPSA) is 61.3 Å². The number of hydrogen-bond donors (Lipinski definition) is 0. The van der Waals surface area contributed by atoms with E-state index in [2.05, 4.69) is 30.8 Å². The van der Waals surface area contributed by atoms with E-state index in [9.17, 15) is 0 Å². The van der Waals surface area contributed by atoms with Gasteiger partial charge in [-0.05, 0) is 31.7 Å². The van der Waals surface area contributed by atoms with E-state index < -0.39 is 0 Å². The molecule has 7 nitrogen and oxygen atoms in total. The number of piperidine rings is 1. The van der Waals surface area contributed by atoms with Crippen LogP contribution in [0.15, 0.2) is 24.7 Å². The van der Waals surface area contributed by atoms with Crippen LogP contribution in [0, 0.1) is 12.8 Å². The first kappa shape index (κ1) is 16.1. The Morgan fingerprint density at radius 1 is 1.12 bits per heavy atom. The van der Waals surface area contributed by atoms with Gasteiger partial charge in [0.1, 0.15) is 18.0 Å². The van der Waals surface area contributed by atoms with Crippen molar-refractivity contribution in [1.29, 1.82) is 0 Å². The third-order valence-corrected chi connectivity index (χ3v) is 5.32. The van der Waals surface area contributed by atoms with Gasteiger partial charge in [0.15, 0.2) is 0 Å².